The lowest BCUT2D eigenvalue weighted by molar-refractivity contribution is -0.145. The number of ether oxygens (including phenoxy) is 2. The molecule has 0 saturated heterocycles. The van der Waals surface area contributed by atoms with Crippen LogP contribution >= 0.6 is 0 Å². The summed E-state index contributed by atoms with van der Waals surface area (Å²) in [6, 6.07) is 13.2. The second-order valence-electron chi connectivity index (χ2n) is 9.61. The normalized spacial score (nSPS) is 12.5. The quantitative estimate of drug-likeness (QED) is 0.204. The van der Waals surface area contributed by atoms with Crippen LogP contribution in [0.25, 0.3) is 0 Å². The molecule has 12 heteroatoms. The van der Waals surface area contributed by atoms with Crippen LogP contribution < -0.4 is 21.4 Å². The lowest BCUT2D eigenvalue weighted by atomic mass is 9.80. The van der Waals surface area contributed by atoms with Crippen LogP contribution in [-0.2, 0) is 36.9 Å². The van der Waals surface area contributed by atoms with E-state index in [1.54, 1.807) is 32.9 Å². The van der Waals surface area contributed by atoms with Crippen molar-refractivity contribution in [2.24, 2.45) is 0 Å². The van der Waals surface area contributed by atoms with E-state index in [0.29, 0.717) is 11.0 Å². The van der Waals surface area contributed by atoms with E-state index < -0.39 is 55.2 Å². The molecule has 38 heavy (non-hydrogen) atoms. The van der Waals surface area contributed by atoms with Crippen LogP contribution in [0.4, 0.5) is 4.79 Å². The molecule has 2 aromatic carbocycles. The van der Waals surface area contributed by atoms with Crippen LogP contribution in [-0.4, -0.2) is 65.3 Å². The fraction of sp³-hybridized carbons (Fsp3) is 0.385. The van der Waals surface area contributed by atoms with Gasteiger partial charge in [-0.1, -0.05) is 54.6 Å². The Morgan fingerprint density at radius 2 is 1.53 bits per heavy atom. The van der Waals surface area contributed by atoms with E-state index in [2.05, 4.69) is 16.0 Å². The second-order valence-corrected chi connectivity index (χ2v) is 9.61. The molecule has 0 aliphatic rings. The van der Waals surface area contributed by atoms with Crippen molar-refractivity contribution in [2.45, 2.75) is 58.4 Å². The Kier molecular flexibility index (Phi) is 11.3. The van der Waals surface area contributed by atoms with E-state index in [1.807, 2.05) is 30.3 Å². The number of nitrogens with one attached hydrogen (secondary N) is 3. The Labute approximate surface area is 222 Å². The molecule has 11 nitrogen and oxygen atoms in total. The average Bonchev–Trinajstić information content (AvgIpc) is 2.85. The molecule has 0 heterocycles. The first-order chi connectivity index (χ1) is 17.8. The molecule has 0 aliphatic heterocycles. The van der Waals surface area contributed by atoms with Crippen LogP contribution in [0.2, 0.25) is 0 Å². The summed E-state index contributed by atoms with van der Waals surface area (Å²) in [5.41, 5.74) is 0.962. The molecule has 2 atom stereocenters. The molecule has 0 fully saturated rings. The second kappa shape index (κ2) is 14.2. The summed E-state index contributed by atoms with van der Waals surface area (Å²) in [5.74, 6) is -1.91. The third kappa shape index (κ3) is 11.0. The van der Waals surface area contributed by atoms with Gasteiger partial charge in [-0.3, -0.25) is 14.4 Å². The number of benzene rings is 2. The Hall–Kier alpha value is -3.90. The van der Waals surface area contributed by atoms with Gasteiger partial charge in [0.25, 0.3) is 0 Å². The van der Waals surface area contributed by atoms with Gasteiger partial charge >= 0.3 is 19.2 Å². The molecule has 204 valence electrons. The van der Waals surface area contributed by atoms with Gasteiger partial charge in [-0.15, -0.1) is 0 Å². The van der Waals surface area contributed by atoms with Gasteiger partial charge < -0.3 is 35.5 Å². The molecule has 2 aromatic rings. The van der Waals surface area contributed by atoms with Crippen LogP contribution in [0.15, 0.2) is 54.6 Å². The van der Waals surface area contributed by atoms with Crippen molar-refractivity contribution >= 4 is 36.5 Å². The van der Waals surface area contributed by atoms with Crippen molar-refractivity contribution in [3.05, 3.63) is 65.7 Å². The maximum atomic E-state index is 12.9. The van der Waals surface area contributed by atoms with Gasteiger partial charge in [0.05, 0.1) is 0 Å². The van der Waals surface area contributed by atoms with Gasteiger partial charge in [0, 0.05) is 6.42 Å². The van der Waals surface area contributed by atoms with E-state index in [1.165, 1.54) is 19.1 Å². The third-order valence-electron chi connectivity index (χ3n) is 5.13. The minimum absolute atomic E-state index is 0.0691. The Bertz CT molecular complexity index is 1090. The average molecular weight is 527 g/mol. The molecule has 0 aromatic heterocycles. The molecule has 0 spiro atoms. The Balaban J connectivity index is 1.87. The SMILES string of the molecule is C[C@H](NC(=O)[C@H](Cc1ccccc1)NC(=O)OC(C)(C)C)C(=O)NCC(=O)OCc1ccc(B(O)O)cc1. The predicted octanol–water partition coefficient (Wildman–Crippen LogP) is 0.167. The Morgan fingerprint density at radius 1 is 0.895 bits per heavy atom. The lowest BCUT2D eigenvalue weighted by Gasteiger charge is -2.24. The summed E-state index contributed by atoms with van der Waals surface area (Å²) in [6.07, 6.45) is -0.596. The van der Waals surface area contributed by atoms with Gasteiger partial charge in [0.15, 0.2) is 0 Å². The Morgan fingerprint density at radius 3 is 2.11 bits per heavy atom. The van der Waals surface area contributed by atoms with E-state index in [0.717, 1.165) is 5.56 Å². The van der Waals surface area contributed by atoms with Crippen molar-refractivity contribution in [1.82, 2.24) is 16.0 Å². The van der Waals surface area contributed by atoms with E-state index in [4.69, 9.17) is 19.5 Å². The maximum absolute atomic E-state index is 12.9. The van der Waals surface area contributed by atoms with Crippen molar-refractivity contribution in [3.8, 4) is 0 Å². The monoisotopic (exact) mass is 527 g/mol. The van der Waals surface area contributed by atoms with E-state index >= 15 is 0 Å². The van der Waals surface area contributed by atoms with Crippen molar-refractivity contribution in [1.29, 1.82) is 0 Å². The molecule has 0 aliphatic carbocycles. The maximum Gasteiger partial charge on any atom is 0.488 e. The number of carbonyl (C=O) groups is 4. The molecular formula is C26H34BN3O8. The summed E-state index contributed by atoms with van der Waals surface area (Å²) >= 11 is 0. The van der Waals surface area contributed by atoms with Crippen LogP contribution in [0, 0.1) is 0 Å². The zero-order valence-corrected chi connectivity index (χ0v) is 21.9. The topological polar surface area (TPSA) is 163 Å². The molecule has 0 unspecified atom stereocenters. The molecule has 2 rings (SSSR count). The van der Waals surface area contributed by atoms with Gasteiger partial charge in [-0.2, -0.15) is 0 Å². The highest BCUT2D eigenvalue weighted by atomic mass is 16.6. The first-order valence-corrected chi connectivity index (χ1v) is 12.1. The highest BCUT2D eigenvalue weighted by molar-refractivity contribution is 6.58. The van der Waals surface area contributed by atoms with Crippen molar-refractivity contribution in [3.63, 3.8) is 0 Å². The summed E-state index contributed by atoms with van der Waals surface area (Å²) in [6.45, 7) is 6.07. The summed E-state index contributed by atoms with van der Waals surface area (Å²) in [7, 11) is -1.59. The molecule has 0 saturated carbocycles. The van der Waals surface area contributed by atoms with Crippen LogP contribution in [0.5, 0.6) is 0 Å². The number of amides is 3. The number of esters is 1. The number of rotatable bonds is 11. The molecule has 3 amide bonds. The number of carbonyl (C=O) groups excluding carboxylic acids is 4. The molecular weight excluding hydrogens is 493 g/mol. The summed E-state index contributed by atoms with van der Waals surface area (Å²) < 4.78 is 10.4. The first kappa shape index (κ1) is 30.3. The fourth-order valence-electron chi connectivity index (χ4n) is 3.20. The molecule has 0 radical (unpaired) electrons. The number of alkyl carbamates (subject to hydrolysis) is 1. The fourth-order valence-corrected chi connectivity index (χ4v) is 3.20. The standard InChI is InChI=1S/C26H34BN3O8/c1-17(23(32)28-15-22(31)37-16-19-10-12-20(13-11-19)27(35)36)29-24(33)21(14-18-8-6-5-7-9-18)30-25(34)38-26(2,3)4/h5-13,17,21,35-36H,14-16H2,1-4H3,(H,28,32)(H,29,33)(H,30,34)/t17-,21-/m0/s1. The van der Waals surface area contributed by atoms with Crippen molar-refractivity contribution < 1.29 is 38.7 Å². The smallest absolute Gasteiger partial charge is 0.460 e. The van der Waals surface area contributed by atoms with Gasteiger partial charge in [0.1, 0.15) is 30.8 Å². The zero-order chi connectivity index (χ0) is 28.3. The van der Waals surface area contributed by atoms with E-state index in [9.17, 15) is 19.2 Å². The number of hydrogen-bond acceptors (Lipinski definition) is 8. The first-order valence-electron chi connectivity index (χ1n) is 12.1. The molecule has 5 N–H and O–H groups in total. The number of hydrogen-bond donors (Lipinski definition) is 5. The van der Waals surface area contributed by atoms with Gasteiger partial charge in [-0.05, 0) is 44.3 Å². The highest BCUT2D eigenvalue weighted by Crippen LogP contribution is 2.09. The third-order valence-corrected chi connectivity index (χ3v) is 5.13. The van der Waals surface area contributed by atoms with E-state index in [-0.39, 0.29) is 13.0 Å². The summed E-state index contributed by atoms with van der Waals surface area (Å²) in [5, 5.41) is 25.7. The predicted molar refractivity (Wildman–Crippen MR) is 140 cm³/mol. The largest absolute Gasteiger partial charge is 0.488 e. The lowest BCUT2D eigenvalue weighted by Crippen LogP contribution is -2.54. The van der Waals surface area contributed by atoms with Crippen molar-refractivity contribution in [2.75, 3.05) is 6.54 Å². The van der Waals surface area contributed by atoms with Gasteiger partial charge in [-0.25, -0.2) is 4.79 Å². The molecule has 0 bridgehead atoms. The summed E-state index contributed by atoms with van der Waals surface area (Å²) in [4.78, 5) is 49.7. The van der Waals surface area contributed by atoms with Gasteiger partial charge in [0.2, 0.25) is 11.8 Å². The zero-order valence-electron chi connectivity index (χ0n) is 21.9. The minimum atomic E-state index is -1.59. The van der Waals surface area contributed by atoms with Crippen LogP contribution in [0.1, 0.15) is 38.8 Å². The highest BCUT2D eigenvalue weighted by Gasteiger charge is 2.27. The van der Waals surface area contributed by atoms with Crippen LogP contribution in [0.3, 0.4) is 0 Å². The minimum Gasteiger partial charge on any atom is -0.460 e.